The molecule has 1 unspecified atom stereocenters. The molecule has 1 N–H and O–H groups in total. The Labute approximate surface area is 123 Å². The van der Waals surface area contributed by atoms with E-state index in [9.17, 15) is 5.11 Å². The fourth-order valence-corrected chi connectivity index (χ4v) is 2.57. The minimum Gasteiger partial charge on any atom is -0.497 e. The Hall–Kier alpha value is -2.39. The van der Waals surface area contributed by atoms with Crippen molar-refractivity contribution >= 4 is 10.8 Å². The molecule has 3 rings (SSSR count). The van der Waals surface area contributed by atoms with Gasteiger partial charge in [-0.3, -0.25) is 4.98 Å². The lowest BCUT2D eigenvalue weighted by Crippen LogP contribution is -2.03. The maximum absolute atomic E-state index is 10.6. The second-order valence-corrected chi connectivity index (χ2v) is 5.02. The SMILES string of the molecule is COc1cccc(CC(O)c2cccc3cnccc23)c1. The minimum absolute atomic E-state index is 0.553. The molecule has 1 atom stereocenters. The van der Waals surface area contributed by atoms with Crippen LogP contribution in [0.25, 0.3) is 10.8 Å². The molecule has 0 fully saturated rings. The van der Waals surface area contributed by atoms with Crippen molar-refractivity contribution in [3.8, 4) is 5.75 Å². The van der Waals surface area contributed by atoms with E-state index < -0.39 is 6.10 Å². The molecule has 0 amide bonds. The smallest absolute Gasteiger partial charge is 0.119 e. The van der Waals surface area contributed by atoms with Crippen LogP contribution in [-0.4, -0.2) is 17.2 Å². The van der Waals surface area contributed by atoms with E-state index in [1.165, 1.54) is 0 Å². The van der Waals surface area contributed by atoms with Crippen LogP contribution in [0.3, 0.4) is 0 Å². The number of pyridine rings is 1. The van der Waals surface area contributed by atoms with Gasteiger partial charge in [0.1, 0.15) is 5.75 Å². The number of ether oxygens (including phenoxy) is 1. The Morgan fingerprint density at radius 3 is 2.86 bits per heavy atom. The van der Waals surface area contributed by atoms with Gasteiger partial charge in [0.25, 0.3) is 0 Å². The van der Waals surface area contributed by atoms with Gasteiger partial charge in [0.15, 0.2) is 0 Å². The first-order valence-electron chi connectivity index (χ1n) is 6.91. The summed E-state index contributed by atoms with van der Waals surface area (Å²) in [6.45, 7) is 0. The fraction of sp³-hybridized carbons (Fsp3) is 0.167. The summed E-state index contributed by atoms with van der Waals surface area (Å²) in [5.74, 6) is 0.807. The van der Waals surface area contributed by atoms with E-state index >= 15 is 0 Å². The molecule has 3 heteroatoms. The predicted molar refractivity (Wildman–Crippen MR) is 83.4 cm³/mol. The summed E-state index contributed by atoms with van der Waals surface area (Å²) >= 11 is 0. The number of aliphatic hydroxyl groups excluding tert-OH is 1. The number of hydrogen-bond donors (Lipinski definition) is 1. The van der Waals surface area contributed by atoms with Crippen LogP contribution in [0, 0.1) is 0 Å². The molecule has 21 heavy (non-hydrogen) atoms. The molecule has 0 aliphatic heterocycles. The molecule has 0 saturated heterocycles. The van der Waals surface area contributed by atoms with Gasteiger partial charge in [-0.2, -0.15) is 0 Å². The lowest BCUT2D eigenvalue weighted by Gasteiger charge is -2.14. The van der Waals surface area contributed by atoms with E-state index in [4.69, 9.17) is 4.74 Å². The van der Waals surface area contributed by atoms with Crippen LogP contribution in [0.15, 0.2) is 60.9 Å². The monoisotopic (exact) mass is 279 g/mol. The third-order valence-electron chi connectivity index (χ3n) is 3.64. The summed E-state index contributed by atoms with van der Waals surface area (Å²) in [6, 6.07) is 15.7. The van der Waals surface area contributed by atoms with Crippen LogP contribution < -0.4 is 4.74 Å². The van der Waals surface area contributed by atoms with E-state index in [-0.39, 0.29) is 0 Å². The van der Waals surface area contributed by atoms with Crippen LogP contribution in [0.4, 0.5) is 0 Å². The fourth-order valence-electron chi connectivity index (χ4n) is 2.57. The number of rotatable bonds is 4. The Morgan fingerprint density at radius 1 is 1.14 bits per heavy atom. The third-order valence-corrected chi connectivity index (χ3v) is 3.64. The second kappa shape index (κ2) is 5.94. The normalized spacial score (nSPS) is 12.3. The molecule has 1 aromatic heterocycles. The summed E-state index contributed by atoms with van der Waals surface area (Å²) in [6.07, 6.45) is 3.57. The van der Waals surface area contributed by atoms with Crippen molar-refractivity contribution in [1.29, 1.82) is 0 Å². The third kappa shape index (κ3) is 2.88. The number of benzene rings is 2. The molecular formula is C18H17NO2. The van der Waals surface area contributed by atoms with Crippen LogP contribution in [0.1, 0.15) is 17.2 Å². The Bertz CT molecular complexity index is 750. The minimum atomic E-state index is -0.553. The van der Waals surface area contributed by atoms with Gasteiger partial charge in [0.05, 0.1) is 13.2 Å². The average molecular weight is 279 g/mol. The van der Waals surface area contributed by atoms with Gasteiger partial charge in [0, 0.05) is 24.2 Å². The van der Waals surface area contributed by atoms with Crippen LogP contribution in [-0.2, 0) is 6.42 Å². The Kier molecular flexibility index (Phi) is 3.84. The number of aliphatic hydroxyl groups is 1. The molecule has 0 aliphatic rings. The molecular weight excluding hydrogens is 262 g/mol. The summed E-state index contributed by atoms with van der Waals surface area (Å²) in [5.41, 5.74) is 1.98. The quantitative estimate of drug-likeness (QED) is 0.794. The first-order chi connectivity index (χ1) is 10.3. The highest BCUT2D eigenvalue weighted by molar-refractivity contribution is 5.85. The molecule has 0 spiro atoms. The van der Waals surface area contributed by atoms with Crippen LogP contribution in [0.2, 0.25) is 0 Å². The number of aromatic nitrogens is 1. The lowest BCUT2D eigenvalue weighted by atomic mass is 9.97. The van der Waals surface area contributed by atoms with Crippen molar-refractivity contribution in [2.75, 3.05) is 7.11 Å². The van der Waals surface area contributed by atoms with Crippen LogP contribution in [0.5, 0.6) is 5.75 Å². The topological polar surface area (TPSA) is 42.4 Å². The zero-order valence-electron chi connectivity index (χ0n) is 11.9. The van der Waals surface area contributed by atoms with Crippen molar-refractivity contribution in [2.45, 2.75) is 12.5 Å². The maximum Gasteiger partial charge on any atom is 0.119 e. The van der Waals surface area contributed by atoms with Crippen LogP contribution >= 0.6 is 0 Å². The highest BCUT2D eigenvalue weighted by Crippen LogP contribution is 2.27. The number of hydrogen-bond acceptors (Lipinski definition) is 3. The second-order valence-electron chi connectivity index (χ2n) is 5.02. The van der Waals surface area contributed by atoms with Gasteiger partial charge in [-0.1, -0.05) is 30.3 Å². The average Bonchev–Trinajstić information content (AvgIpc) is 2.54. The molecule has 0 bridgehead atoms. The predicted octanol–water partition coefficient (Wildman–Crippen LogP) is 3.52. The van der Waals surface area contributed by atoms with Gasteiger partial charge in [-0.25, -0.2) is 0 Å². The molecule has 3 aromatic rings. The van der Waals surface area contributed by atoms with Gasteiger partial charge in [-0.15, -0.1) is 0 Å². The van der Waals surface area contributed by atoms with Crippen molar-refractivity contribution < 1.29 is 9.84 Å². The first kappa shape index (κ1) is 13.6. The van der Waals surface area contributed by atoms with E-state index in [2.05, 4.69) is 4.98 Å². The van der Waals surface area contributed by atoms with Gasteiger partial charge < -0.3 is 9.84 Å². The van der Waals surface area contributed by atoms with Gasteiger partial charge in [-0.05, 0) is 34.7 Å². The standard InChI is InChI=1S/C18H17NO2/c1-21-15-6-2-4-13(10-15)11-18(20)17-7-3-5-14-12-19-9-8-16(14)17/h2-10,12,18,20H,11H2,1H3. The molecule has 0 saturated carbocycles. The highest BCUT2D eigenvalue weighted by Gasteiger charge is 2.12. The summed E-state index contributed by atoms with van der Waals surface area (Å²) in [7, 11) is 1.65. The largest absolute Gasteiger partial charge is 0.497 e. The van der Waals surface area contributed by atoms with Gasteiger partial charge >= 0.3 is 0 Å². The number of fused-ring (bicyclic) bond motifs is 1. The molecule has 0 aliphatic carbocycles. The summed E-state index contributed by atoms with van der Waals surface area (Å²) in [4.78, 5) is 4.12. The number of methoxy groups -OCH3 is 1. The zero-order valence-corrected chi connectivity index (χ0v) is 11.9. The van der Waals surface area contributed by atoms with E-state index in [0.717, 1.165) is 27.6 Å². The van der Waals surface area contributed by atoms with Gasteiger partial charge in [0.2, 0.25) is 0 Å². The van der Waals surface area contributed by atoms with E-state index in [1.54, 1.807) is 13.3 Å². The van der Waals surface area contributed by atoms with Crippen molar-refractivity contribution in [3.63, 3.8) is 0 Å². The maximum atomic E-state index is 10.6. The first-order valence-corrected chi connectivity index (χ1v) is 6.91. The molecule has 2 aromatic carbocycles. The highest BCUT2D eigenvalue weighted by atomic mass is 16.5. The van der Waals surface area contributed by atoms with Crippen molar-refractivity contribution in [1.82, 2.24) is 4.98 Å². The van der Waals surface area contributed by atoms with Crippen molar-refractivity contribution in [3.05, 3.63) is 72.1 Å². The molecule has 0 radical (unpaired) electrons. The lowest BCUT2D eigenvalue weighted by molar-refractivity contribution is 0.180. The van der Waals surface area contributed by atoms with E-state index in [0.29, 0.717) is 6.42 Å². The summed E-state index contributed by atoms with van der Waals surface area (Å²) < 4.78 is 5.22. The zero-order chi connectivity index (χ0) is 14.7. The van der Waals surface area contributed by atoms with E-state index in [1.807, 2.05) is 54.7 Å². The number of nitrogens with zero attached hydrogens (tertiary/aromatic N) is 1. The summed E-state index contributed by atoms with van der Waals surface area (Å²) in [5, 5.41) is 12.7. The molecule has 106 valence electrons. The van der Waals surface area contributed by atoms with Crippen molar-refractivity contribution in [2.24, 2.45) is 0 Å². The molecule has 1 heterocycles. The Morgan fingerprint density at radius 2 is 2.00 bits per heavy atom. The Balaban J connectivity index is 1.91. The molecule has 3 nitrogen and oxygen atoms in total.